The third-order valence-electron chi connectivity index (χ3n) is 5.73. The molecule has 0 N–H and O–H groups in total. The summed E-state index contributed by atoms with van der Waals surface area (Å²) in [7, 11) is 0. The third kappa shape index (κ3) is 3.10. The fourth-order valence-corrected chi connectivity index (χ4v) is 4.63. The molecule has 4 rings (SSSR count). The molecule has 0 spiro atoms. The van der Waals surface area contributed by atoms with Gasteiger partial charge >= 0.3 is 0 Å². The summed E-state index contributed by atoms with van der Waals surface area (Å²) < 4.78 is 0. The second kappa shape index (κ2) is 6.35. The largest absolute Gasteiger partial charge is 0.300 e. The summed E-state index contributed by atoms with van der Waals surface area (Å²) in [5.74, 6) is 2.70. The highest BCUT2D eigenvalue weighted by atomic mass is 35.5. The van der Waals surface area contributed by atoms with Gasteiger partial charge in [-0.25, -0.2) is 0 Å². The molecule has 2 nitrogen and oxygen atoms in total. The molecule has 2 aliphatic carbocycles. The van der Waals surface area contributed by atoms with Crippen molar-refractivity contribution in [3.05, 3.63) is 47.0 Å². The summed E-state index contributed by atoms with van der Waals surface area (Å²) in [4.78, 5) is 5.22. The lowest BCUT2D eigenvalue weighted by Crippen LogP contribution is -2.47. The maximum Gasteiger partial charge on any atom is 0.0451 e. The average molecular weight is 317 g/mol. The Morgan fingerprint density at radius 1 is 0.955 bits per heavy atom. The van der Waals surface area contributed by atoms with Gasteiger partial charge in [-0.3, -0.25) is 4.90 Å². The quantitative estimate of drug-likeness (QED) is 0.782. The van der Waals surface area contributed by atoms with Crippen LogP contribution in [0.2, 0.25) is 5.02 Å². The summed E-state index contributed by atoms with van der Waals surface area (Å²) in [6, 6.07) is 8.24. The molecule has 3 heteroatoms. The predicted octanol–water partition coefficient (Wildman–Crippen LogP) is 3.67. The number of rotatable bonds is 4. The smallest absolute Gasteiger partial charge is 0.0451 e. The summed E-state index contributed by atoms with van der Waals surface area (Å²) in [6.07, 6.45) is 7.79. The first kappa shape index (κ1) is 14.7. The number of halogens is 1. The fourth-order valence-electron chi connectivity index (χ4n) is 4.43. The topological polar surface area (TPSA) is 6.48 Å². The van der Waals surface area contributed by atoms with E-state index in [0.717, 1.165) is 29.3 Å². The van der Waals surface area contributed by atoms with Gasteiger partial charge in [0.1, 0.15) is 0 Å². The van der Waals surface area contributed by atoms with Gasteiger partial charge in [0.2, 0.25) is 0 Å². The molecule has 1 saturated heterocycles. The summed E-state index contributed by atoms with van der Waals surface area (Å²) in [6.45, 7) is 7.06. The van der Waals surface area contributed by atoms with Gasteiger partial charge < -0.3 is 4.90 Å². The first-order valence-electron chi connectivity index (χ1n) is 8.64. The molecule has 1 aromatic carbocycles. The molecule has 1 heterocycles. The Bertz CT molecular complexity index is 548. The fraction of sp³-hybridized carbons (Fsp3) is 0.579. The highest BCUT2D eigenvalue weighted by molar-refractivity contribution is 6.31. The Labute approximate surface area is 138 Å². The van der Waals surface area contributed by atoms with E-state index in [1.165, 1.54) is 51.1 Å². The van der Waals surface area contributed by atoms with E-state index in [2.05, 4.69) is 34.1 Å². The molecule has 0 amide bonds. The molecule has 1 aliphatic heterocycles. The van der Waals surface area contributed by atoms with Crippen molar-refractivity contribution < 1.29 is 0 Å². The lowest BCUT2D eigenvalue weighted by atomic mass is 9.93. The van der Waals surface area contributed by atoms with E-state index >= 15 is 0 Å². The lowest BCUT2D eigenvalue weighted by molar-refractivity contribution is 0.108. The van der Waals surface area contributed by atoms with Crippen LogP contribution < -0.4 is 0 Å². The summed E-state index contributed by atoms with van der Waals surface area (Å²) in [5, 5.41) is 0.902. The Morgan fingerprint density at radius 2 is 1.73 bits per heavy atom. The highest BCUT2D eigenvalue weighted by Gasteiger charge is 2.36. The molecule has 0 radical (unpaired) electrons. The maximum atomic E-state index is 6.28. The van der Waals surface area contributed by atoms with Gasteiger partial charge in [0, 0.05) is 44.3 Å². The molecule has 3 atom stereocenters. The number of hydrogen-bond donors (Lipinski definition) is 0. The molecule has 22 heavy (non-hydrogen) atoms. The van der Waals surface area contributed by atoms with E-state index in [1.54, 1.807) is 0 Å². The minimum absolute atomic E-state index is 0.881. The van der Waals surface area contributed by atoms with Crippen LogP contribution in [-0.4, -0.2) is 42.5 Å². The summed E-state index contributed by atoms with van der Waals surface area (Å²) >= 11 is 6.28. The molecule has 0 unspecified atom stereocenters. The highest BCUT2D eigenvalue weighted by Crippen LogP contribution is 2.43. The van der Waals surface area contributed by atoms with Gasteiger partial charge in [-0.2, -0.15) is 0 Å². The molecule has 2 bridgehead atoms. The van der Waals surface area contributed by atoms with E-state index in [4.69, 9.17) is 11.6 Å². The first-order valence-corrected chi connectivity index (χ1v) is 9.02. The van der Waals surface area contributed by atoms with Crippen LogP contribution in [0.5, 0.6) is 0 Å². The first-order chi connectivity index (χ1) is 10.8. The molecule has 0 aromatic heterocycles. The minimum atomic E-state index is 0.881. The van der Waals surface area contributed by atoms with Gasteiger partial charge in [-0.15, -0.1) is 0 Å². The zero-order chi connectivity index (χ0) is 14.9. The monoisotopic (exact) mass is 316 g/mol. The number of nitrogens with zero attached hydrogens (tertiary/aromatic N) is 2. The molecule has 1 saturated carbocycles. The van der Waals surface area contributed by atoms with Gasteiger partial charge in [0.25, 0.3) is 0 Å². The normalized spacial score (nSPS) is 32.0. The van der Waals surface area contributed by atoms with Gasteiger partial charge in [-0.1, -0.05) is 42.0 Å². The Balaban J connectivity index is 1.26. The Hall–Kier alpha value is -0.830. The lowest BCUT2D eigenvalue weighted by Gasteiger charge is -2.37. The van der Waals surface area contributed by atoms with Crippen molar-refractivity contribution >= 4 is 11.6 Å². The SMILES string of the molecule is Clc1ccccc1CN1CCN(C[C@H]2C[C@@H]3C=C[C@H]2C3)CC1. The van der Waals surface area contributed by atoms with Gasteiger partial charge in [0.05, 0.1) is 0 Å². The molecule has 3 aliphatic rings. The third-order valence-corrected chi connectivity index (χ3v) is 6.09. The molecule has 118 valence electrons. The zero-order valence-electron chi connectivity index (χ0n) is 13.1. The molecular formula is C19H25ClN2. The van der Waals surface area contributed by atoms with Crippen molar-refractivity contribution in [1.29, 1.82) is 0 Å². The average Bonchev–Trinajstić information content (AvgIpc) is 3.14. The number of allylic oxidation sites excluding steroid dienone is 2. The van der Waals surface area contributed by atoms with Gasteiger partial charge in [0.15, 0.2) is 0 Å². The Morgan fingerprint density at radius 3 is 2.41 bits per heavy atom. The van der Waals surface area contributed by atoms with Crippen LogP contribution in [0.15, 0.2) is 36.4 Å². The molecule has 2 fully saturated rings. The van der Waals surface area contributed by atoms with E-state index in [0.29, 0.717) is 0 Å². The van der Waals surface area contributed by atoms with Crippen LogP contribution in [0.3, 0.4) is 0 Å². The van der Waals surface area contributed by atoms with Crippen LogP contribution in [0.25, 0.3) is 0 Å². The number of fused-ring (bicyclic) bond motifs is 2. The number of piperazine rings is 1. The van der Waals surface area contributed by atoms with Crippen molar-refractivity contribution in [2.75, 3.05) is 32.7 Å². The van der Waals surface area contributed by atoms with Crippen LogP contribution in [0.4, 0.5) is 0 Å². The second-order valence-electron chi connectivity index (χ2n) is 7.21. The predicted molar refractivity (Wildman–Crippen MR) is 92.0 cm³/mol. The number of hydrogen-bond acceptors (Lipinski definition) is 2. The van der Waals surface area contributed by atoms with E-state index < -0.39 is 0 Å². The van der Waals surface area contributed by atoms with Crippen molar-refractivity contribution in [2.24, 2.45) is 17.8 Å². The van der Waals surface area contributed by atoms with Crippen molar-refractivity contribution in [3.63, 3.8) is 0 Å². The Kier molecular flexibility index (Phi) is 4.25. The molecule has 1 aromatic rings. The van der Waals surface area contributed by atoms with Crippen LogP contribution in [-0.2, 0) is 6.54 Å². The van der Waals surface area contributed by atoms with Crippen molar-refractivity contribution in [1.82, 2.24) is 9.80 Å². The maximum absolute atomic E-state index is 6.28. The van der Waals surface area contributed by atoms with Crippen LogP contribution in [0, 0.1) is 17.8 Å². The standard InChI is InChI=1S/C19H25ClN2/c20-19-4-2-1-3-17(19)13-21-7-9-22(10-8-21)14-18-12-15-5-6-16(18)11-15/h1-6,15-16,18H,7-14H2/t15-,16+,18-/m1/s1. The van der Waals surface area contributed by atoms with E-state index in [9.17, 15) is 0 Å². The van der Waals surface area contributed by atoms with E-state index in [1.807, 2.05) is 12.1 Å². The van der Waals surface area contributed by atoms with Crippen molar-refractivity contribution in [2.45, 2.75) is 19.4 Å². The van der Waals surface area contributed by atoms with Crippen LogP contribution >= 0.6 is 11.6 Å². The minimum Gasteiger partial charge on any atom is -0.300 e. The van der Waals surface area contributed by atoms with Crippen molar-refractivity contribution in [3.8, 4) is 0 Å². The second-order valence-corrected chi connectivity index (χ2v) is 7.62. The zero-order valence-corrected chi connectivity index (χ0v) is 13.9. The molecular weight excluding hydrogens is 292 g/mol. The van der Waals surface area contributed by atoms with Crippen LogP contribution in [0.1, 0.15) is 18.4 Å². The summed E-state index contributed by atoms with van der Waals surface area (Å²) in [5.41, 5.74) is 1.26. The number of benzene rings is 1. The van der Waals surface area contributed by atoms with E-state index in [-0.39, 0.29) is 0 Å². The van der Waals surface area contributed by atoms with Gasteiger partial charge in [-0.05, 0) is 42.2 Å².